The fraction of sp³-hybridized carbons (Fsp3) is 0.118. The van der Waals surface area contributed by atoms with E-state index in [1.807, 2.05) is 0 Å². The highest BCUT2D eigenvalue weighted by atomic mass is 19.2. The molecule has 0 saturated carbocycles. The summed E-state index contributed by atoms with van der Waals surface area (Å²) in [5.41, 5.74) is 1.87. The van der Waals surface area contributed by atoms with Gasteiger partial charge in [-0.05, 0) is 36.4 Å². The first-order chi connectivity index (χ1) is 11.1. The highest BCUT2D eigenvalue weighted by Gasteiger charge is 2.12. The van der Waals surface area contributed by atoms with Gasteiger partial charge in [0.05, 0.1) is 31.8 Å². The Bertz CT molecular complexity index is 846. The first-order valence-electron chi connectivity index (χ1n) is 6.86. The van der Waals surface area contributed by atoms with E-state index in [9.17, 15) is 8.78 Å². The molecule has 1 heterocycles. The lowest BCUT2D eigenvalue weighted by atomic mass is 10.1. The number of nitrogens with zero attached hydrogens (tertiary/aromatic N) is 2. The third kappa shape index (κ3) is 2.75. The average molecular weight is 316 g/mol. The van der Waals surface area contributed by atoms with Gasteiger partial charge in [0.25, 0.3) is 0 Å². The standard InChI is InChI=1S/C17H14F2N2O2/c1-22-16-6-4-12(10-17(16)23-2)21-15(7-8-20-21)11-3-5-13(18)14(19)9-11/h3-10H,1-2H3. The second kappa shape index (κ2) is 6.08. The van der Waals surface area contributed by atoms with Crippen LogP contribution in [-0.2, 0) is 0 Å². The van der Waals surface area contributed by atoms with E-state index in [0.717, 1.165) is 12.1 Å². The Balaban J connectivity index is 2.09. The molecule has 23 heavy (non-hydrogen) atoms. The summed E-state index contributed by atoms with van der Waals surface area (Å²) in [6.45, 7) is 0. The summed E-state index contributed by atoms with van der Waals surface area (Å²) in [4.78, 5) is 0. The van der Waals surface area contributed by atoms with Gasteiger partial charge >= 0.3 is 0 Å². The van der Waals surface area contributed by atoms with Crippen LogP contribution in [0.1, 0.15) is 0 Å². The van der Waals surface area contributed by atoms with Gasteiger partial charge in [-0.2, -0.15) is 5.10 Å². The van der Waals surface area contributed by atoms with Gasteiger partial charge in [0.15, 0.2) is 23.1 Å². The van der Waals surface area contributed by atoms with Crippen molar-refractivity contribution in [2.45, 2.75) is 0 Å². The first kappa shape index (κ1) is 15.0. The number of hydrogen-bond donors (Lipinski definition) is 0. The van der Waals surface area contributed by atoms with E-state index in [2.05, 4.69) is 5.10 Å². The Kier molecular flexibility index (Phi) is 3.97. The van der Waals surface area contributed by atoms with Crippen LogP contribution in [0, 0.1) is 11.6 Å². The zero-order chi connectivity index (χ0) is 16.4. The number of hydrogen-bond acceptors (Lipinski definition) is 3. The van der Waals surface area contributed by atoms with Crippen molar-refractivity contribution in [1.82, 2.24) is 9.78 Å². The molecule has 0 spiro atoms. The Hall–Kier alpha value is -2.89. The molecule has 0 radical (unpaired) electrons. The van der Waals surface area contributed by atoms with Gasteiger partial charge in [-0.1, -0.05) is 0 Å². The normalized spacial score (nSPS) is 10.6. The van der Waals surface area contributed by atoms with Gasteiger partial charge in [0.1, 0.15) is 0 Å². The zero-order valence-electron chi connectivity index (χ0n) is 12.6. The number of halogens is 2. The summed E-state index contributed by atoms with van der Waals surface area (Å²) in [5, 5.41) is 4.25. The van der Waals surface area contributed by atoms with Crippen LogP contribution in [0.5, 0.6) is 11.5 Å². The van der Waals surface area contributed by atoms with Crippen molar-refractivity contribution in [3.8, 4) is 28.4 Å². The van der Waals surface area contributed by atoms with Gasteiger partial charge in [0, 0.05) is 11.6 Å². The molecule has 0 N–H and O–H groups in total. The van der Waals surface area contributed by atoms with Crippen molar-refractivity contribution in [2.75, 3.05) is 14.2 Å². The summed E-state index contributed by atoms with van der Waals surface area (Å²) in [7, 11) is 3.10. The fourth-order valence-corrected chi connectivity index (χ4v) is 2.34. The van der Waals surface area contributed by atoms with Crippen LogP contribution in [0.3, 0.4) is 0 Å². The minimum Gasteiger partial charge on any atom is -0.493 e. The Morgan fingerprint density at radius 3 is 2.35 bits per heavy atom. The molecule has 0 amide bonds. The SMILES string of the molecule is COc1ccc(-n2nccc2-c2ccc(F)c(F)c2)cc1OC. The van der Waals surface area contributed by atoms with Crippen molar-refractivity contribution in [2.24, 2.45) is 0 Å². The minimum atomic E-state index is -0.900. The third-order valence-electron chi connectivity index (χ3n) is 3.47. The van der Waals surface area contributed by atoms with Gasteiger partial charge in [-0.25, -0.2) is 13.5 Å². The van der Waals surface area contributed by atoms with Gasteiger partial charge in [-0.15, -0.1) is 0 Å². The highest BCUT2D eigenvalue weighted by Crippen LogP contribution is 2.31. The molecule has 2 aromatic carbocycles. The number of benzene rings is 2. The van der Waals surface area contributed by atoms with Crippen LogP contribution in [0.4, 0.5) is 8.78 Å². The molecule has 0 aliphatic heterocycles. The van der Waals surface area contributed by atoms with E-state index < -0.39 is 11.6 Å². The monoisotopic (exact) mass is 316 g/mol. The molecule has 3 rings (SSSR count). The maximum absolute atomic E-state index is 13.5. The van der Waals surface area contributed by atoms with Crippen LogP contribution in [0.25, 0.3) is 16.9 Å². The molecule has 0 saturated heterocycles. The quantitative estimate of drug-likeness (QED) is 0.734. The summed E-state index contributed by atoms with van der Waals surface area (Å²) in [5.74, 6) is -0.636. The minimum absolute atomic E-state index is 0.524. The summed E-state index contributed by atoms with van der Waals surface area (Å²) < 4.78 is 38.7. The molecule has 0 aliphatic carbocycles. The second-order valence-electron chi connectivity index (χ2n) is 4.80. The topological polar surface area (TPSA) is 36.3 Å². The molecule has 118 valence electrons. The molecule has 1 aromatic heterocycles. The maximum atomic E-state index is 13.5. The van der Waals surface area contributed by atoms with Crippen molar-refractivity contribution in [3.05, 3.63) is 60.3 Å². The molecule has 0 atom stereocenters. The number of rotatable bonds is 4. The second-order valence-corrected chi connectivity index (χ2v) is 4.80. The zero-order valence-corrected chi connectivity index (χ0v) is 12.6. The van der Waals surface area contributed by atoms with E-state index in [0.29, 0.717) is 28.4 Å². The molecule has 0 unspecified atom stereocenters. The van der Waals surface area contributed by atoms with E-state index in [4.69, 9.17) is 9.47 Å². The molecular formula is C17H14F2N2O2. The summed E-state index contributed by atoms with van der Waals surface area (Å²) >= 11 is 0. The van der Waals surface area contributed by atoms with E-state index in [-0.39, 0.29) is 0 Å². The Morgan fingerprint density at radius 1 is 0.870 bits per heavy atom. The number of methoxy groups -OCH3 is 2. The van der Waals surface area contributed by atoms with Crippen LogP contribution in [-0.4, -0.2) is 24.0 Å². The van der Waals surface area contributed by atoms with Crippen molar-refractivity contribution in [3.63, 3.8) is 0 Å². The molecule has 3 aromatic rings. The first-order valence-corrected chi connectivity index (χ1v) is 6.86. The van der Waals surface area contributed by atoms with Gasteiger partial charge in [-0.3, -0.25) is 0 Å². The largest absolute Gasteiger partial charge is 0.493 e. The van der Waals surface area contributed by atoms with Crippen LogP contribution in [0.2, 0.25) is 0 Å². The number of ether oxygens (including phenoxy) is 2. The molecule has 0 aliphatic rings. The summed E-state index contributed by atoms with van der Waals surface area (Å²) in [6, 6.07) is 10.8. The molecule has 0 fully saturated rings. The van der Waals surface area contributed by atoms with Gasteiger partial charge in [0.2, 0.25) is 0 Å². The molecule has 4 nitrogen and oxygen atoms in total. The van der Waals surface area contributed by atoms with Crippen LogP contribution < -0.4 is 9.47 Å². The smallest absolute Gasteiger partial charge is 0.162 e. The summed E-state index contributed by atoms with van der Waals surface area (Å²) in [6.07, 6.45) is 1.59. The predicted molar refractivity (Wildman–Crippen MR) is 82.0 cm³/mol. The highest BCUT2D eigenvalue weighted by molar-refractivity contribution is 5.63. The van der Waals surface area contributed by atoms with Crippen LogP contribution in [0.15, 0.2) is 48.7 Å². The molecule has 6 heteroatoms. The van der Waals surface area contributed by atoms with Crippen molar-refractivity contribution >= 4 is 0 Å². The molecular weight excluding hydrogens is 302 g/mol. The lowest BCUT2D eigenvalue weighted by Gasteiger charge is -2.12. The third-order valence-corrected chi connectivity index (χ3v) is 3.47. The molecule has 0 bridgehead atoms. The Morgan fingerprint density at radius 2 is 1.65 bits per heavy atom. The van der Waals surface area contributed by atoms with E-state index in [1.165, 1.54) is 6.07 Å². The van der Waals surface area contributed by atoms with Crippen molar-refractivity contribution in [1.29, 1.82) is 0 Å². The Labute approximate surface area is 131 Å². The van der Waals surface area contributed by atoms with Gasteiger partial charge < -0.3 is 9.47 Å². The average Bonchev–Trinajstić information content (AvgIpc) is 3.06. The maximum Gasteiger partial charge on any atom is 0.162 e. The van der Waals surface area contributed by atoms with E-state index >= 15 is 0 Å². The van der Waals surface area contributed by atoms with Crippen LogP contribution >= 0.6 is 0 Å². The number of aromatic nitrogens is 2. The fourth-order valence-electron chi connectivity index (χ4n) is 2.34. The van der Waals surface area contributed by atoms with Crippen molar-refractivity contribution < 1.29 is 18.3 Å². The lowest BCUT2D eigenvalue weighted by molar-refractivity contribution is 0.355. The lowest BCUT2D eigenvalue weighted by Crippen LogP contribution is -2.01. The van der Waals surface area contributed by atoms with E-state index in [1.54, 1.807) is 49.4 Å². The predicted octanol–water partition coefficient (Wildman–Crippen LogP) is 3.83.